The molecular formula is C25H24N4O5. The maximum atomic E-state index is 12.8. The average molecular weight is 460 g/mol. The molecule has 0 saturated carbocycles. The second-order valence-corrected chi connectivity index (χ2v) is 7.43. The number of aromatic nitrogens is 3. The number of methoxy groups -OCH3 is 2. The van der Waals surface area contributed by atoms with Crippen molar-refractivity contribution in [2.45, 2.75) is 19.4 Å². The van der Waals surface area contributed by atoms with Crippen LogP contribution in [-0.2, 0) is 11.3 Å². The second kappa shape index (κ2) is 10.5. The van der Waals surface area contributed by atoms with E-state index in [1.807, 2.05) is 0 Å². The number of rotatable bonds is 9. The Morgan fingerprint density at radius 2 is 1.65 bits per heavy atom. The molecular weight excluding hydrogens is 436 g/mol. The maximum absolute atomic E-state index is 12.8. The molecule has 0 fully saturated rings. The number of pyridine rings is 1. The molecule has 0 atom stereocenters. The first-order valence-electron chi connectivity index (χ1n) is 10.7. The summed E-state index contributed by atoms with van der Waals surface area (Å²) in [5, 5.41) is 3.28. The van der Waals surface area contributed by atoms with Crippen LogP contribution in [0.3, 0.4) is 0 Å². The molecule has 0 spiro atoms. The number of amides is 1. The van der Waals surface area contributed by atoms with Crippen LogP contribution in [0.5, 0.6) is 23.0 Å². The van der Waals surface area contributed by atoms with E-state index >= 15 is 0 Å². The fraction of sp³-hybridized carbons (Fsp3) is 0.200. The minimum absolute atomic E-state index is 0.143. The zero-order valence-corrected chi connectivity index (χ0v) is 18.9. The van der Waals surface area contributed by atoms with Gasteiger partial charge in [0.25, 0.3) is 5.56 Å². The molecule has 1 N–H and O–H groups in total. The van der Waals surface area contributed by atoms with Gasteiger partial charge in [0, 0.05) is 37.1 Å². The van der Waals surface area contributed by atoms with Gasteiger partial charge in [-0.3, -0.25) is 19.1 Å². The van der Waals surface area contributed by atoms with Gasteiger partial charge in [-0.05, 0) is 48.9 Å². The van der Waals surface area contributed by atoms with Crippen LogP contribution in [0.1, 0.15) is 12.8 Å². The zero-order chi connectivity index (χ0) is 23.9. The van der Waals surface area contributed by atoms with Crippen molar-refractivity contribution in [2.75, 3.05) is 19.5 Å². The van der Waals surface area contributed by atoms with Crippen molar-refractivity contribution in [3.63, 3.8) is 0 Å². The van der Waals surface area contributed by atoms with Gasteiger partial charge in [0.1, 0.15) is 11.5 Å². The fourth-order valence-corrected chi connectivity index (χ4v) is 3.43. The van der Waals surface area contributed by atoms with Gasteiger partial charge in [-0.25, -0.2) is 4.98 Å². The highest BCUT2D eigenvalue weighted by atomic mass is 16.5. The highest BCUT2D eigenvalue weighted by Gasteiger charge is 2.11. The average Bonchev–Trinajstić information content (AvgIpc) is 2.86. The van der Waals surface area contributed by atoms with Crippen molar-refractivity contribution in [2.24, 2.45) is 0 Å². The number of anilines is 1. The van der Waals surface area contributed by atoms with Gasteiger partial charge in [0.05, 0.1) is 31.4 Å². The minimum Gasteiger partial charge on any atom is -0.493 e. The molecule has 0 aliphatic rings. The molecule has 2 aromatic carbocycles. The summed E-state index contributed by atoms with van der Waals surface area (Å²) in [6.45, 7) is 0.363. The number of carbonyl (C=O) groups is 1. The highest BCUT2D eigenvalue weighted by Crippen LogP contribution is 2.29. The summed E-state index contributed by atoms with van der Waals surface area (Å²) < 4.78 is 17.7. The van der Waals surface area contributed by atoms with E-state index in [0.717, 1.165) is 0 Å². The third-order valence-electron chi connectivity index (χ3n) is 5.16. The first-order chi connectivity index (χ1) is 16.6. The number of hydrogen-bond acceptors (Lipinski definition) is 7. The van der Waals surface area contributed by atoms with E-state index in [2.05, 4.69) is 15.3 Å². The molecule has 1 amide bonds. The third-order valence-corrected chi connectivity index (χ3v) is 5.16. The van der Waals surface area contributed by atoms with Gasteiger partial charge in [-0.15, -0.1) is 0 Å². The lowest BCUT2D eigenvalue weighted by Gasteiger charge is -2.11. The van der Waals surface area contributed by atoms with Crippen molar-refractivity contribution >= 4 is 22.5 Å². The normalized spacial score (nSPS) is 10.6. The van der Waals surface area contributed by atoms with E-state index in [4.69, 9.17) is 14.2 Å². The Bertz CT molecular complexity index is 1340. The van der Waals surface area contributed by atoms with Gasteiger partial charge in [-0.2, -0.15) is 0 Å². The molecule has 2 heterocycles. The Morgan fingerprint density at radius 3 is 2.35 bits per heavy atom. The van der Waals surface area contributed by atoms with Gasteiger partial charge in [0.15, 0.2) is 11.5 Å². The smallest absolute Gasteiger partial charge is 0.261 e. The van der Waals surface area contributed by atoms with Crippen LogP contribution in [0.4, 0.5) is 5.69 Å². The predicted molar refractivity (Wildman–Crippen MR) is 128 cm³/mol. The molecule has 2 aromatic heterocycles. The number of ether oxygens (including phenoxy) is 3. The lowest BCUT2D eigenvalue weighted by Crippen LogP contribution is -2.22. The van der Waals surface area contributed by atoms with Crippen LogP contribution in [-0.4, -0.2) is 34.7 Å². The van der Waals surface area contributed by atoms with Crippen molar-refractivity contribution in [1.29, 1.82) is 0 Å². The number of benzene rings is 2. The Labute approximate surface area is 195 Å². The zero-order valence-electron chi connectivity index (χ0n) is 18.9. The monoisotopic (exact) mass is 460 g/mol. The lowest BCUT2D eigenvalue weighted by molar-refractivity contribution is -0.116. The topological polar surface area (TPSA) is 105 Å². The Morgan fingerprint density at radius 1 is 0.971 bits per heavy atom. The molecule has 0 aliphatic heterocycles. The first kappa shape index (κ1) is 22.8. The quantitative estimate of drug-likeness (QED) is 0.402. The van der Waals surface area contributed by atoms with Gasteiger partial charge in [-0.1, -0.05) is 0 Å². The van der Waals surface area contributed by atoms with Crippen LogP contribution in [0.25, 0.3) is 10.9 Å². The van der Waals surface area contributed by atoms with Crippen LogP contribution in [0.2, 0.25) is 0 Å². The maximum Gasteiger partial charge on any atom is 0.261 e. The number of carbonyl (C=O) groups excluding carboxylic acids is 1. The van der Waals surface area contributed by atoms with Gasteiger partial charge < -0.3 is 19.5 Å². The molecule has 4 rings (SSSR count). The summed E-state index contributed by atoms with van der Waals surface area (Å²) in [5.41, 5.74) is 0.988. The summed E-state index contributed by atoms with van der Waals surface area (Å²) in [5.74, 6) is 2.16. The molecule has 4 aromatic rings. The van der Waals surface area contributed by atoms with E-state index in [-0.39, 0.29) is 17.9 Å². The fourth-order valence-electron chi connectivity index (χ4n) is 3.43. The Balaban J connectivity index is 1.33. The summed E-state index contributed by atoms with van der Waals surface area (Å²) in [7, 11) is 3.04. The summed E-state index contributed by atoms with van der Waals surface area (Å²) in [4.78, 5) is 33.5. The van der Waals surface area contributed by atoms with E-state index in [0.29, 0.717) is 52.6 Å². The molecule has 0 aliphatic carbocycles. The van der Waals surface area contributed by atoms with Crippen molar-refractivity contribution in [1.82, 2.24) is 14.5 Å². The van der Waals surface area contributed by atoms with E-state index in [9.17, 15) is 9.59 Å². The van der Waals surface area contributed by atoms with E-state index in [1.54, 1.807) is 60.9 Å². The molecule has 0 radical (unpaired) electrons. The third kappa shape index (κ3) is 5.32. The Kier molecular flexibility index (Phi) is 7.02. The van der Waals surface area contributed by atoms with Crippen LogP contribution >= 0.6 is 0 Å². The minimum atomic E-state index is -0.198. The van der Waals surface area contributed by atoms with Gasteiger partial charge >= 0.3 is 0 Å². The Hall–Kier alpha value is -4.40. The van der Waals surface area contributed by atoms with Crippen LogP contribution in [0.15, 0.2) is 72.0 Å². The first-order valence-corrected chi connectivity index (χ1v) is 10.7. The molecule has 0 saturated heterocycles. The number of nitrogens with zero attached hydrogens (tertiary/aromatic N) is 3. The number of hydrogen-bond donors (Lipinski definition) is 1. The summed E-state index contributed by atoms with van der Waals surface area (Å²) in [6.07, 6.45) is 5.52. The standard InChI is InChI=1S/C25H24N4O5/c1-32-22-14-20-21(15-23(22)33-2)27-16-29(25(20)31)13-3-4-24(30)28-17-5-7-18(8-6-17)34-19-9-11-26-12-10-19/h5-12,14-16H,3-4,13H2,1-2H3,(H,28,30). The lowest BCUT2D eigenvalue weighted by atomic mass is 10.2. The van der Waals surface area contributed by atoms with Crippen molar-refractivity contribution in [3.8, 4) is 23.0 Å². The van der Waals surface area contributed by atoms with Crippen molar-refractivity contribution in [3.05, 3.63) is 77.6 Å². The SMILES string of the molecule is COc1cc2ncn(CCCC(=O)Nc3ccc(Oc4ccncc4)cc3)c(=O)c2cc1OC. The molecule has 34 heavy (non-hydrogen) atoms. The summed E-state index contributed by atoms with van der Waals surface area (Å²) >= 11 is 0. The molecule has 9 nitrogen and oxygen atoms in total. The highest BCUT2D eigenvalue weighted by molar-refractivity contribution is 5.90. The molecule has 0 unspecified atom stereocenters. The van der Waals surface area contributed by atoms with E-state index in [1.165, 1.54) is 25.1 Å². The van der Waals surface area contributed by atoms with E-state index < -0.39 is 0 Å². The number of nitrogens with one attached hydrogen (secondary N) is 1. The number of aryl methyl sites for hydroxylation is 1. The number of fused-ring (bicyclic) bond motifs is 1. The summed E-state index contributed by atoms with van der Waals surface area (Å²) in [6, 6.07) is 13.9. The predicted octanol–water partition coefficient (Wildman–Crippen LogP) is 4.02. The molecule has 0 bridgehead atoms. The van der Waals surface area contributed by atoms with Crippen molar-refractivity contribution < 1.29 is 19.0 Å². The van der Waals surface area contributed by atoms with Crippen LogP contribution in [0, 0.1) is 0 Å². The largest absolute Gasteiger partial charge is 0.493 e. The van der Waals surface area contributed by atoms with Crippen LogP contribution < -0.4 is 25.1 Å². The molecule has 174 valence electrons. The second-order valence-electron chi connectivity index (χ2n) is 7.43. The molecule has 9 heteroatoms. The van der Waals surface area contributed by atoms with Gasteiger partial charge in [0.2, 0.25) is 5.91 Å².